The molecule has 0 aliphatic carbocycles. The number of hydrogen-bond acceptors (Lipinski definition) is 3. The minimum Gasteiger partial charge on any atom is -0.346 e. The minimum absolute atomic E-state index is 0.0111. The molecule has 0 atom stereocenters. The van der Waals surface area contributed by atoms with Gasteiger partial charge in [-0.15, -0.1) is 0 Å². The largest absolute Gasteiger partial charge is 0.346 e. The number of H-pyrrole nitrogens is 1. The molecule has 0 unspecified atom stereocenters. The molecule has 1 heterocycles. The SMILES string of the molecule is O=C(NCc1cc(F)ccc1F)c1n[nH]c(=O)c2ccccc12. The third-order valence-electron chi connectivity index (χ3n) is 3.36. The zero-order chi connectivity index (χ0) is 16.4. The molecule has 3 rings (SSSR count). The van der Waals surface area contributed by atoms with E-state index in [0.29, 0.717) is 10.8 Å². The Balaban J connectivity index is 1.88. The molecule has 23 heavy (non-hydrogen) atoms. The highest BCUT2D eigenvalue weighted by molar-refractivity contribution is 6.04. The van der Waals surface area contributed by atoms with Gasteiger partial charge >= 0.3 is 0 Å². The van der Waals surface area contributed by atoms with Crippen LogP contribution in [0.3, 0.4) is 0 Å². The van der Waals surface area contributed by atoms with E-state index in [1.807, 2.05) is 0 Å². The number of nitrogens with one attached hydrogen (secondary N) is 2. The van der Waals surface area contributed by atoms with Gasteiger partial charge in [0.05, 0.1) is 5.39 Å². The van der Waals surface area contributed by atoms with Gasteiger partial charge < -0.3 is 5.32 Å². The Morgan fingerprint density at radius 3 is 2.65 bits per heavy atom. The Kier molecular flexibility index (Phi) is 3.84. The van der Waals surface area contributed by atoms with Crippen molar-refractivity contribution in [3.63, 3.8) is 0 Å². The second-order valence-electron chi connectivity index (χ2n) is 4.87. The summed E-state index contributed by atoms with van der Waals surface area (Å²) >= 11 is 0. The molecule has 2 aromatic carbocycles. The standard InChI is InChI=1S/C16H11F2N3O2/c17-10-5-6-13(18)9(7-10)8-19-16(23)14-11-3-1-2-4-12(11)15(22)21-20-14/h1-7H,8H2,(H,19,23)(H,21,22). The number of rotatable bonds is 3. The summed E-state index contributed by atoms with van der Waals surface area (Å²) in [5.41, 5.74) is -0.377. The maximum Gasteiger partial charge on any atom is 0.272 e. The summed E-state index contributed by atoms with van der Waals surface area (Å²) in [5, 5.41) is 9.15. The van der Waals surface area contributed by atoms with Crippen LogP contribution in [-0.4, -0.2) is 16.1 Å². The van der Waals surface area contributed by atoms with Gasteiger partial charge in [-0.25, -0.2) is 13.9 Å². The molecule has 0 bridgehead atoms. The highest BCUT2D eigenvalue weighted by Crippen LogP contribution is 2.13. The number of hydrogen-bond donors (Lipinski definition) is 2. The van der Waals surface area contributed by atoms with Crippen molar-refractivity contribution in [1.29, 1.82) is 0 Å². The van der Waals surface area contributed by atoms with Crippen LogP contribution in [-0.2, 0) is 6.54 Å². The van der Waals surface area contributed by atoms with Crippen LogP contribution < -0.4 is 10.9 Å². The monoisotopic (exact) mass is 315 g/mol. The van der Waals surface area contributed by atoms with Crippen LogP contribution in [0.5, 0.6) is 0 Å². The molecule has 0 saturated carbocycles. The van der Waals surface area contributed by atoms with Crippen molar-refractivity contribution in [2.24, 2.45) is 0 Å². The Bertz CT molecular complexity index is 953. The fourth-order valence-corrected chi connectivity index (χ4v) is 2.23. The minimum atomic E-state index is -0.619. The van der Waals surface area contributed by atoms with Crippen molar-refractivity contribution < 1.29 is 13.6 Å². The number of amides is 1. The van der Waals surface area contributed by atoms with Crippen molar-refractivity contribution in [1.82, 2.24) is 15.5 Å². The second kappa shape index (κ2) is 5.96. The number of halogens is 2. The zero-order valence-electron chi connectivity index (χ0n) is 11.8. The lowest BCUT2D eigenvalue weighted by Gasteiger charge is -2.07. The van der Waals surface area contributed by atoms with Crippen LogP contribution >= 0.6 is 0 Å². The number of aromatic amines is 1. The smallest absolute Gasteiger partial charge is 0.272 e. The van der Waals surface area contributed by atoms with Gasteiger partial charge in [0, 0.05) is 17.5 Å². The molecule has 0 saturated heterocycles. The van der Waals surface area contributed by atoms with E-state index in [2.05, 4.69) is 15.5 Å². The van der Waals surface area contributed by atoms with Crippen LogP contribution in [0.4, 0.5) is 8.78 Å². The average molecular weight is 315 g/mol. The summed E-state index contributed by atoms with van der Waals surface area (Å²) in [4.78, 5) is 23.9. The first kappa shape index (κ1) is 14.8. The van der Waals surface area contributed by atoms with E-state index in [-0.39, 0.29) is 17.8 Å². The van der Waals surface area contributed by atoms with Gasteiger partial charge in [-0.1, -0.05) is 18.2 Å². The highest BCUT2D eigenvalue weighted by Gasteiger charge is 2.14. The van der Waals surface area contributed by atoms with Gasteiger partial charge in [0.25, 0.3) is 11.5 Å². The molecule has 1 amide bonds. The van der Waals surface area contributed by atoms with Crippen molar-refractivity contribution in [2.75, 3.05) is 0 Å². The van der Waals surface area contributed by atoms with Crippen molar-refractivity contribution in [3.8, 4) is 0 Å². The lowest BCUT2D eigenvalue weighted by molar-refractivity contribution is 0.0946. The van der Waals surface area contributed by atoms with Crippen LogP contribution in [0.2, 0.25) is 0 Å². The summed E-state index contributed by atoms with van der Waals surface area (Å²) in [6.07, 6.45) is 0. The summed E-state index contributed by atoms with van der Waals surface area (Å²) in [6, 6.07) is 9.50. The molecule has 3 aromatic rings. The molecule has 0 radical (unpaired) electrons. The summed E-state index contributed by atoms with van der Waals surface area (Å²) in [7, 11) is 0. The van der Waals surface area contributed by atoms with E-state index in [4.69, 9.17) is 0 Å². The Morgan fingerprint density at radius 2 is 1.87 bits per heavy atom. The molecule has 0 aliphatic heterocycles. The normalized spacial score (nSPS) is 10.7. The number of aromatic nitrogens is 2. The van der Waals surface area contributed by atoms with Gasteiger partial charge in [-0.05, 0) is 24.3 Å². The van der Waals surface area contributed by atoms with E-state index >= 15 is 0 Å². The van der Waals surface area contributed by atoms with E-state index in [1.165, 1.54) is 0 Å². The summed E-state index contributed by atoms with van der Waals surface area (Å²) in [5.74, 6) is -1.81. The molecule has 0 spiro atoms. The molecule has 1 aromatic heterocycles. The van der Waals surface area contributed by atoms with Crippen molar-refractivity contribution >= 4 is 16.7 Å². The number of benzene rings is 2. The summed E-state index contributed by atoms with van der Waals surface area (Å²) < 4.78 is 26.7. The summed E-state index contributed by atoms with van der Waals surface area (Å²) in [6.45, 7) is -0.197. The molecule has 116 valence electrons. The first-order valence-electron chi connectivity index (χ1n) is 6.76. The van der Waals surface area contributed by atoms with Crippen LogP contribution in [0.25, 0.3) is 10.8 Å². The molecular weight excluding hydrogens is 304 g/mol. The van der Waals surface area contributed by atoms with Crippen molar-refractivity contribution in [3.05, 3.63) is 75.7 Å². The van der Waals surface area contributed by atoms with E-state index in [9.17, 15) is 18.4 Å². The Labute approximate surface area is 129 Å². The molecule has 5 nitrogen and oxygen atoms in total. The lowest BCUT2D eigenvalue weighted by Crippen LogP contribution is -2.26. The van der Waals surface area contributed by atoms with Gasteiger partial charge in [-0.2, -0.15) is 5.10 Å². The maximum absolute atomic E-state index is 13.5. The zero-order valence-corrected chi connectivity index (χ0v) is 11.8. The lowest BCUT2D eigenvalue weighted by atomic mass is 10.1. The quantitative estimate of drug-likeness (QED) is 0.777. The fourth-order valence-electron chi connectivity index (χ4n) is 2.23. The first-order valence-corrected chi connectivity index (χ1v) is 6.76. The maximum atomic E-state index is 13.5. The van der Waals surface area contributed by atoms with Crippen LogP contribution in [0.1, 0.15) is 16.1 Å². The van der Waals surface area contributed by atoms with Gasteiger partial charge in [0.15, 0.2) is 5.69 Å². The molecule has 0 fully saturated rings. The third-order valence-corrected chi connectivity index (χ3v) is 3.36. The fraction of sp³-hybridized carbons (Fsp3) is 0.0625. The molecule has 7 heteroatoms. The van der Waals surface area contributed by atoms with E-state index in [1.54, 1.807) is 24.3 Å². The number of nitrogens with zero attached hydrogens (tertiary/aromatic N) is 1. The predicted octanol–water partition coefficient (Wildman–Crippen LogP) is 2.13. The Hall–Kier alpha value is -3.09. The number of fused-ring (bicyclic) bond motifs is 1. The number of carbonyl (C=O) groups is 1. The molecule has 2 N–H and O–H groups in total. The predicted molar refractivity (Wildman–Crippen MR) is 79.9 cm³/mol. The highest BCUT2D eigenvalue weighted by atomic mass is 19.1. The Morgan fingerprint density at radius 1 is 1.13 bits per heavy atom. The molecular formula is C16H11F2N3O2. The number of carbonyl (C=O) groups excluding carboxylic acids is 1. The van der Waals surface area contributed by atoms with Gasteiger partial charge in [0.2, 0.25) is 0 Å². The average Bonchev–Trinajstić information content (AvgIpc) is 2.56. The van der Waals surface area contributed by atoms with E-state index in [0.717, 1.165) is 18.2 Å². The van der Waals surface area contributed by atoms with Crippen LogP contribution in [0, 0.1) is 11.6 Å². The second-order valence-corrected chi connectivity index (χ2v) is 4.87. The van der Waals surface area contributed by atoms with E-state index < -0.39 is 23.1 Å². The molecule has 0 aliphatic rings. The third kappa shape index (κ3) is 2.94. The van der Waals surface area contributed by atoms with Crippen LogP contribution in [0.15, 0.2) is 47.3 Å². The van der Waals surface area contributed by atoms with Gasteiger partial charge in [-0.3, -0.25) is 9.59 Å². The first-order chi connectivity index (χ1) is 11.1. The topological polar surface area (TPSA) is 74.8 Å². The van der Waals surface area contributed by atoms with Crippen molar-refractivity contribution in [2.45, 2.75) is 6.54 Å². The van der Waals surface area contributed by atoms with Gasteiger partial charge in [0.1, 0.15) is 11.6 Å².